The van der Waals surface area contributed by atoms with E-state index < -0.39 is 23.7 Å². The summed E-state index contributed by atoms with van der Waals surface area (Å²) in [5, 5.41) is 5.83. The molecule has 0 saturated heterocycles. The quantitative estimate of drug-likeness (QED) is 0.426. The first kappa shape index (κ1) is 22.3. The molecule has 0 fully saturated rings. The van der Waals surface area contributed by atoms with Gasteiger partial charge in [0.1, 0.15) is 23.2 Å². The number of benzene rings is 2. The van der Waals surface area contributed by atoms with Gasteiger partial charge in [-0.15, -0.1) is 13.2 Å². The summed E-state index contributed by atoms with van der Waals surface area (Å²) >= 11 is 0. The van der Waals surface area contributed by atoms with Crippen LogP contribution in [0.2, 0.25) is 0 Å². The van der Waals surface area contributed by atoms with Crippen molar-refractivity contribution in [2.24, 2.45) is 0 Å². The van der Waals surface area contributed by atoms with Gasteiger partial charge in [-0.2, -0.15) is 4.98 Å². The Hall–Kier alpha value is -3.43. The number of aromatic nitrogens is 2. The van der Waals surface area contributed by atoms with Gasteiger partial charge in [0.2, 0.25) is 5.95 Å². The molecule has 0 aliphatic carbocycles. The third kappa shape index (κ3) is 6.27. The van der Waals surface area contributed by atoms with Gasteiger partial charge in [0.05, 0.1) is 11.4 Å². The molecular formula is C21H19F5N4O. The third-order valence-corrected chi connectivity index (χ3v) is 4.27. The molecule has 0 amide bonds. The summed E-state index contributed by atoms with van der Waals surface area (Å²) in [6, 6.07) is 9.78. The summed E-state index contributed by atoms with van der Waals surface area (Å²) < 4.78 is 68.9. The van der Waals surface area contributed by atoms with Crippen molar-refractivity contribution in [2.75, 3.05) is 10.6 Å². The molecule has 0 bridgehead atoms. The summed E-state index contributed by atoms with van der Waals surface area (Å²) in [5.74, 6) is -1.59. The number of hydrogen-bond acceptors (Lipinski definition) is 5. The van der Waals surface area contributed by atoms with Gasteiger partial charge < -0.3 is 15.4 Å². The van der Waals surface area contributed by atoms with Crippen molar-refractivity contribution in [2.45, 2.75) is 32.7 Å². The van der Waals surface area contributed by atoms with Crippen LogP contribution in [-0.4, -0.2) is 22.4 Å². The normalized spacial score (nSPS) is 12.4. The van der Waals surface area contributed by atoms with Crippen molar-refractivity contribution in [3.8, 4) is 17.0 Å². The maximum Gasteiger partial charge on any atom is 0.573 e. The smallest absolute Gasteiger partial charge is 0.406 e. The number of hydrogen-bond donors (Lipinski definition) is 2. The molecular weight excluding hydrogens is 419 g/mol. The number of anilines is 3. The van der Waals surface area contributed by atoms with Crippen LogP contribution in [0.4, 0.5) is 39.4 Å². The largest absolute Gasteiger partial charge is 0.573 e. The third-order valence-electron chi connectivity index (χ3n) is 4.27. The topological polar surface area (TPSA) is 59.1 Å². The van der Waals surface area contributed by atoms with Gasteiger partial charge in [0.25, 0.3) is 0 Å². The number of rotatable bonds is 7. The van der Waals surface area contributed by atoms with Crippen LogP contribution in [0.3, 0.4) is 0 Å². The molecule has 164 valence electrons. The molecule has 2 aromatic carbocycles. The van der Waals surface area contributed by atoms with Crippen molar-refractivity contribution in [1.29, 1.82) is 0 Å². The molecule has 0 unspecified atom stereocenters. The Bertz CT molecular complexity index is 1060. The summed E-state index contributed by atoms with van der Waals surface area (Å²) in [7, 11) is 0. The average Bonchev–Trinajstić information content (AvgIpc) is 2.69. The fraction of sp³-hybridized carbons (Fsp3) is 0.238. The van der Waals surface area contributed by atoms with Gasteiger partial charge in [-0.1, -0.05) is 19.1 Å². The average molecular weight is 438 g/mol. The van der Waals surface area contributed by atoms with E-state index >= 15 is 0 Å². The Labute approximate surface area is 175 Å². The molecule has 0 radical (unpaired) electrons. The van der Waals surface area contributed by atoms with Crippen LogP contribution in [0, 0.1) is 11.6 Å². The lowest BCUT2D eigenvalue weighted by Gasteiger charge is -2.15. The van der Waals surface area contributed by atoms with Crippen LogP contribution in [0.1, 0.15) is 20.3 Å². The molecule has 0 aliphatic rings. The molecule has 0 aliphatic heterocycles. The minimum Gasteiger partial charge on any atom is -0.406 e. The minimum absolute atomic E-state index is 0.00514. The van der Waals surface area contributed by atoms with Crippen molar-refractivity contribution in [3.05, 3.63) is 60.2 Å². The first-order valence-electron chi connectivity index (χ1n) is 9.37. The molecule has 0 saturated carbocycles. The Kier molecular flexibility index (Phi) is 6.57. The second kappa shape index (κ2) is 9.15. The summed E-state index contributed by atoms with van der Waals surface area (Å²) in [6.07, 6.45) is -4.07. The molecule has 10 heteroatoms. The van der Waals surface area contributed by atoms with Gasteiger partial charge in [-0.3, -0.25) is 0 Å². The highest BCUT2D eigenvalue weighted by Gasteiger charge is 2.31. The van der Waals surface area contributed by atoms with E-state index in [-0.39, 0.29) is 29.2 Å². The zero-order chi connectivity index (χ0) is 22.6. The number of nitrogens with one attached hydrogen (secondary N) is 2. The lowest BCUT2D eigenvalue weighted by atomic mass is 10.1. The Balaban J connectivity index is 2.00. The first-order chi connectivity index (χ1) is 14.6. The lowest BCUT2D eigenvalue weighted by Crippen LogP contribution is -2.17. The molecule has 3 rings (SSSR count). The van der Waals surface area contributed by atoms with Crippen molar-refractivity contribution >= 4 is 17.5 Å². The van der Waals surface area contributed by atoms with Crippen molar-refractivity contribution < 1.29 is 26.7 Å². The van der Waals surface area contributed by atoms with Gasteiger partial charge in [0.15, 0.2) is 0 Å². The predicted octanol–water partition coefficient (Wildman–Crippen LogP) is 6.27. The fourth-order valence-electron chi connectivity index (χ4n) is 2.63. The van der Waals surface area contributed by atoms with E-state index in [0.29, 0.717) is 5.56 Å². The van der Waals surface area contributed by atoms with Crippen LogP contribution >= 0.6 is 0 Å². The highest BCUT2D eigenvalue weighted by molar-refractivity contribution is 5.68. The van der Waals surface area contributed by atoms with E-state index in [0.717, 1.165) is 18.6 Å². The predicted molar refractivity (Wildman–Crippen MR) is 107 cm³/mol. The molecule has 1 atom stereocenters. The molecule has 3 aromatic rings. The van der Waals surface area contributed by atoms with Crippen molar-refractivity contribution in [3.63, 3.8) is 0 Å². The number of halogens is 5. The van der Waals surface area contributed by atoms with E-state index in [1.165, 1.54) is 30.3 Å². The maximum atomic E-state index is 14.1. The molecule has 31 heavy (non-hydrogen) atoms. The molecule has 1 aromatic heterocycles. The first-order valence-corrected chi connectivity index (χ1v) is 9.37. The van der Waals surface area contributed by atoms with Crippen molar-refractivity contribution in [1.82, 2.24) is 9.97 Å². The fourth-order valence-corrected chi connectivity index (χ4v) is 2.63. The van der Waals surface area contributed by atoms with Crippen LogP contribution < -0.4 is 15.4 Å². The zero-order valence-corrected chi connectivity index (χ0v) is 16.6. The van der Waals surface area contributed by atoms with Gasteiger partial charge >= 0.3 is 6.36 Å². The molecule has 5 nitrogen and oxygen atoms in total. The Morgan fingerprint density at radius 2 is 1.81 bits per heavy atom. The van der Waals surface area contributed by atoms with Crippen LogP contribution in [-0.2, 0) is 0 Å². The monoisotopic (exact) mass is 438 g/mol. The van der Waals surface area contributed by atoms with E-state index in [1.54, 1.807) is 6.07 Å². The second-order valence-corrected chi connectivity index (χ2v) is 6.74. The zero-order valence-electron chi connectivity index (χ0n) is 16.6. The van der Waals surface area contributed by atoms with Crippen LogP contribution in [0.5, 0.6) is 5.75 Å². The maximum absolute atomic E-state index is 14.1. The van der Waals surface area contributed by atoms with Crippen LogP contribution in [0.25, 0.3) is 11.3 Å². The molecule has 1 heterocycles. The van der Waals surface area contributed by atoms with Gasteiger partial charge in [-0.25, -0.2) is 13.8 Å². The van der Waals surface area contributed by atoms with E-state index in [2.05, 4.69) is 25.3 Å². The van der Waals surface area contributed by atoms with E-state index in [9.17, 15) is 22.0 Å². The summed E-state index contributed by atoms with van der Waals surface area (Å²) in [5.41, 5.74) is 0.590. The van der Waals surface area contributed by atoms with Crippen LogP contribution in [0.15, 0.2) is 48.5 Å². The number of nitrogens with zero attached hydrogens (tertiary/aromatic N) is 2. The minimum atomic E-state index is -4.83. The standard InChI is InChI=1S/C21H19F5N4O/c1-3-12(2)27-20-29-18(13-5-4-6-15(9-13)31-21(24,25)26)11-19(30-20)28-17-8-7-14(22)10-16(17)23/h4-12H,3H2,1-2H3,(H2,27,28,29,30)/t12-/m1/s1. The lowest BCUT2D eigenvalue weighted by molar-refractivity contribution is -0.274. The number of alkyl halides is 3. The summed E-state index contributed by atoms with van der Waals surface area (Å²) in [6.45, 7) is 3.85. The summed E-state index contributed by atoms with van der Waals surface area (Å²) in [4.78, 5) is 8.64. The number of ether oxygens (including phenoxy) is 1. The van der Waals surface area contributed by atoms with Gasteiger partial charge in [-0.05, 0) is 37.6 Å². The second-order valence-electron chi connectivity index (χ2n) is 6.74. The van der Waals surface area contributed by atoms with Gasteiger partial charge in [0, 0.05) is 23.7 Å². The Morgan fingerprint density at radius 3 is 2.48 bits per heavy atom. The SMILES string of the molecule is CC[C@@H](C)Nc1nc(Nc2ccc(F)cc2F)cc(-c2cccc(OC(F)(F)F)c2)n1. The highest BCUT2D eigenvalue weighted by atomic mass is 19.4. The van der Waals surface area contributed by atoms with E-state index in [4.69, 9.17) is 0 Å². The highest BCUT2D eigenvalue weighted by Crippen LogP contribution is 2.30. The van der Waals surface area contributed by atoms with E-state index in [1.807, 2.05) is 13.8 Å². The molecule has 0 spiro atoms. The molecule has 2 N–H and O–H groups in total. The Morgan fingerprint density at radius 1 is 1.03 bits per heavy atom.